The molecule has 0 saturated carbocycles. The molecule has 0 spiro atoms. The third-order valence-electron chi connectivity index (χ3n) is 5.31. The summed E-state index contributed by atoms with van der Waals surface area (Å²) in [6, 6.07) is 9.47. The number of piperazine rings is 1. The third-order valence-corrected chi connectivity index (χ3v) is 5.60. The molecular formula is C23H25ClFN3O3. The van der Waals surface area contributed by atoms with E-state index >= 15 is 0 Å². The van der Waals surface area contributed by atoms with E-state index in [1.54, 1.807) is 29.2 Å². The van der Waals surface area contributed by atoms with Gasteiger partial charge in [-0.1, -0.05) is 23.7 Å². The number of nitrogens with zero attached hydrogens (tertiary/aromatic N) is 2. The number of nitrogens with two attached hydrogens (primary N) is 1. The number of hydrogen-bond acceptors (Lipinski definition) is 4. The maximum atomic E-state index is 13.1. The Bertz CT molecular complexity index is 994. The minimum Gasteiger partial charge on any atom is -0.495 e. The van der Waals surface area contributed by atoms with Gasteiger partial charge >= 0.3 is 0 Å². The molecule has 0 aliphatic carbocycles. The predicted octanol–water partition coefficient (Wildman–Crippen LogP) is 3.33. The van der Waals surface area contributed by atoms with Crippen LogP contribution < -0.4 is 10.5 Å². The molecule has 164 valence electrons. The van der Waals surface area contributed by atoms with Crippen molar-refractivity contribution in [2.24, 2.45) is 5.73 Å². The molecule has 0 unspecified atom stereocenters. The van der Waals surface area contributed by atoms with Crippen molar-refractivity contribution in [3.8, 4) is 5.75 Å². The number of primary amides is 1. The lowest BCUT2D eigenvalue weighted by Crippen LogP contribution is -2.53. The van der Waals surface area contributed by atoms with Crippen molar-refractivity contribution in [1.82, 2.24) is 9.80 Å². The topological polar surface area (TPSA) is 75.9 Å². The summed E-state index contributed by atoms with van der Waals surface area (Å²) in [5, 5.41) is 0.269. The lowest BCUT2D eigenvalue weighted by atomic mass is 10.1. The van der Waals surface area contributed by atoms with E-state index in [2.05, 4.69) is 4.90 Å². The van der Waals surface area contributed by atoms with E-state index in [4.69, 9.17) is 22.1 Å². The third kappa shape index (κ3) is 5.62. The summed E-state index contributed by atoms with van der Waals surface area (Å²) in [4.78, 5) is 28.6. The number of ether oxygens (including phenoxy) is 1. The van der Waals surface area contributed by atoms with Crippen LogP contribution in [0.1, 0.15) is 28.4 Å². The minimum absolute atomic E-state index is 0.00159. The second-order valence-corrected chi connectivity index (χ2v) is 7.92. The Morgan fingerprint density at radius 2 is 1.97 bits per heavy atom. The highest BCUT2D eigenvalue weighted by atomic mass is 35.5. The van der Waals surface area contributed by atoms with E-state index in [1.165, 1.54) is 31.4 Å². The van der Waals surface area contributed by atoms with Gasteiger partial charge in [-0.25, -0.2) is 4.39 Å². The summed E-state index contributed by atoms with van der Waals surface area (Å²) in [6.45, 7) is 4.68. The van der Waals surface area contributed by atoms with E-state index in [0.717, 1.165) is 5.56 Å². The Morgan fingerprint density at radius 1 is 1.26 bits per heavy atom. The smallest absolute Gasteiger partial charge is 0.249 e. The molecule has 1 saturated heterocycles. The van der Waals surface area contributed by atoms with Crippen LogP contribution in [0, 0.1) is 5.82 Å². The largest absolute Gasteiger partial charge is 0.495 e. The molecule has 0 aromatic heterocycles. The first-order valence-electron chi connectivity index (χ1n) is 9.91. The Labute approximate surface area is 186 Å². The Morgan fingerprint density at radius 3 is 2.58 bits per heavy atom. The zero-order chi connectivity index (χ0) is 22.5. The molecular weight excluding hydrogens is 421 g/mol. The monoisotopic (exact) mass is 445 g/mol. The summed E-state index contributed by atoms with van der Waals surface area (Å²) in [5.41, 5.74) is 7.15. The zero-order valence-corrected chi connectivity index (χ0v) is 18.2. The number of hydrogen-bond donors (Lipinski definition) is 1. The Hall–Kier alpha value is -2.90. The molecule has 2 N–H and O–H groups in total. The molecule has 6 nitrogen and oxygen atoms in total. The molecule has 31 heavy (non-hydrogen) atoms. The van der Waals surface area contributed by atoms with Crippen molar-refractivity contribution < 1.29 is 18.7 Å². The van der Waals surface area contributed by atoms with E-state index < -0.39 is 5.91 Å². The summed E-state index contributed by atoms with van der Waals surface area (Å²) < 4.78 is 18.3. The first-order chi connectivity index (χ1) is 14.8. The average Bonchev–Trinajstić information content (AvgIpc) is 2.74. The predicted molar refractivity (Wildman–Crippen MR) is 118 cm³/mol. The number of methoxy groups -OCH3 is 1. The molecule has 1 aliphatic heterocycles. The molecule has 0 radical (unpaired) electrons. The lowest BCUT2D eigenvalue weighted by Gasteiger charge is -2.39. The Kier molecular flexibility index (Phi) is 7.30. The number of benzene rings is 2. The van der Waals surface area contributed by atoms with E-state index in [0.29, 0.717) is 37.5 Å². The van der Waals surface area contributed by atoms with E-state index in [1.807, 2.05) is 6.92 Å². The van der Waals surface area contributed by atoms with Gasteiger partial charge < -0.3 is 15.4 Å². The summed E-state index contributed by atoms with van der Waals surface area (Å²) in [7, 11) is 1.47. The van der Waals surface area contributed by atoms with Crippen molar-refractivity contribution in [3.05, 3.63) is 70.0 Å². The zero-order valence-electron chi connectivity index (χ0n) is 17.5. The van der Waals surface area contributed by atoms with Crippen molar-refractivity contribution in [2.75, 3.05) is 26.7 Å². The van der Waals surface area contributed by atoms with Crippen LogP contribution in [-0.4, -0.2) is 54.4 Å². The Balaban J connectivity index is 1.67. The van der Waals surface area contributed by atoms with Crippen LogP contribution in [0.25, 0.3) is 6.08 Å². The fraction of sp³-hybridized carbons (Fsp3) is 0.304. The molecule has 2 aromatic rings. The first kappa shape index (κ1) is 22.8. The van der Waals surface area contributed by atoms with Gasteiger partial charge in [0, 0.05) is 43.9 Å². The van der Waals surface area contributed by atoms with Crippen LogP contribution in [0.2, 0.25) is 5.02 Å². The van der Waals surface area contributed by atoms with Gasteiger partial charge in [-0.2, -0.15) is 0 Å². The number of amides is 2. The summed E-state index contributed by atoms with van der Waals surface area (Å²) in [6.07, 6.45) is 2.99. The maximum absolute atomic E-state index is 13.1. The number of rotatable bonds is 6. The second-order valence-electron chi connectivity index (χ2n) is 7.51. The quantitative estimate of drug-likeness (QED) is 0.692. The van der Waals surface area contributed by atoms with Crippen molar-refractivity contribution in [1.29, 1.82) is 0 Å². The van der Waals surface area contributed by atoms with Gasteiger partial charge in [0.2, 0.25) is 11.8 Å². The number of carbonyl (C=O) groups is 2. The van der Waals surface area contributed by atoms with Crippen LogP contribution in [0.5, 0.6) is 5.75 Å². The van der Waals surface area contributed by atoms with Gasteiger partial charge in [-0.3, -0.25) is 14.5 Å². The number of carbonyl (C=O) groups excluding carboxylic acids is 2. The summed E-state index contributed by atoms with van der Waals surface area (Å²) >= 11 is 6.07. The molecule has 1 fully saturated rings. The van der Waals surface area contributed by atoms with E-state index in [-0.39, 0.29) is 28.4 Å². The highest BCUT2D eigenvalue weighted by Gasteiger charge is 2.26. The van der Waals surface area contributed by atoms with Crippen molar-refractivity contribution in [3.63, 3.8) is 0 Å². The molecule has 0 bridgehead atoms. The molecule has 3 rings (SSSR count). The highest BCUT2D eigenvalue weighted by molar-refractivity contribution is 6.32. The average molecular weight is 446 g/mol. The molecule has 1 heterocycles. The summed E-state index contributed by atoms with van der Waals surface area (Å²) in [5.74, 6) is -0.656. The normalized spacial score (nSPS) is 17.2. The van der Waals surface area contributed by atoms with Crippen LogP contribution in [0.15, 0.2) is 42.5 Å². The van der Waals surface area contributed by atoms with Gasteiger partial charge in [0.25, 0.3) is 0 Å². The maximum Gasteiger partial charge on any atom is 0.249 e. The molecule has 8 heteroatoms. The van der Waals surface area contributed by atoms with Gasteiger partial charge in [0.05, 0.1) is 12.1 Å². The minimum atomic E-state index is -0.639. The van der Waals surface area contributed by atoms with E-state index in [9.17, 15) is 14.0 Å². The molecule has 1 atom stereocenters. The van der Waals surface area contributed by atoms with Gasteiger partial charge in [0.15, 0.2) is 0 Å². The highest BCUT2D eigenvalue weighted by Crippen LogP contribution is 2.29. The fourth-order valence-corrected chi connectivity index (χ4v) is 3.93. The molecule has 2 aromatic carbocycles. The van der Waals surface area contributed by atoms with Crippen molar-refractivity contribution >= 4 is 29.5 Å². The van der Waals surface area contributed by atoms with Gasteiger partial charge in [-0.05, 0) is 48.4 Å². The second kappa shape index (κ2) is 9.94. The fourth-order valence-electron chi connectivity index (χ4n) is 3.69. The molecule has 1 aliphatic rings. The van der Waals surface area contributed by atoms with Gasteiger partial charge in [-0.15, -0.1) is 0 Å². The van der Waals surface area contributed by atoms with Crippen LogP contribution >= 0.6 is 11.6 Å². The van der Waals surface area contributed by atoms with Crippen molar-refractivity contribution in [2.45, 2.75) is 19.5 Å². The first-order valence-corrected chi connectivity index (χ1v) is 10.3. The molecule has 2 amide bonds. The standard InChI is InChI=1S/C23H25ClFN3O3/c1-15-13-27(14-16-3-6-18(25)7-4-16)9-10-28(15)22(29)8-5-17-11-21(31-2)20(24)12-19(17)23(26)30/h3-8,11-12,15H,9-10,13-14H2,1-2H3,(H2,26,30)/b8-5+/t15-/m1/s1. The van der Waals surface area contributed by atoms with Crippen LogP contribution in [-0.2, 0) is 11.3 Å². The number of halogens is 2. The SMILES string of the molecule is COc1cc(/C=C/C(=O)N2CCN(Cc3ccc(F)cc3)C[C@H]2C)c(C(N)=O)cc1Cl. The van der Waals surface area contributed by atoms with Crippen LogP contribution in [0.4, 0.5) is 4.39 Å². The van der Waals surface area contributed by atoms with Crippen LogP contribution in [0.3, 0.4) is 0 Å². The lowest BCUT2D eigenvalue weighted by molar-refractivity contribution is -0.130. The van der Waals surface area contributed by atoms with Gasteiger partial charge in [0.1, 0.15) is 11.6 Å².